The van der Waals surface area contributed by atoms with E-state index in [0.717, 1.165) is 25.0 Å². The molecular weight excluding hydrogens is 186 g/mol. The minimum Gasteiger partial charge on any atom is -0.387 e. The van der Waals surface area contributed by atoms with Crippen molar-refractivity contribution in [3.63, 3.8) is 0 Å². The van der Waals surface area contributed by atoms with E-state index >= 15 is 0 Å². The number of hydrogen-bond acceptors (Lipinski definition) is 1. The summed E-state index contributed by atoms with van der Waals surface area (Å²) in [4.78, 5) is 3.96. The fourth-order valence-electron chi connectivity index (χ4n) is 1.22. The summed E-state index contributed by atoms with van der Waals surface area (Å²) in [7, 11) is 0. The molecule has 4 heteroatoms. The smallest absolute Gasteiger partial charge is 0.128 e. The lowest BCUT2D eigenvalue weighted by molar-refractivity contribution is 0.584. The van der Waals surface area contributed by atoms with Gasteiger partial charge in [-0.3, -0.25) is 0 Å². The summed E-state index contributed by atoms with van der Waals surface area (Å²) in [6.45, 7) is 0. The molecule has 0 bridgehead atoms. The molecule has 0 amide bonds. The minimum atomic E-state index is -0.632. The second kappa shape index (κ2) is 3.36. The van der Waals surface area contributed by atoms with Crippen molar-refractivity contribution in [1.82, 2.24) is 0 Å². The van der Waals surface area contributed by atoms with Crippen molar-refractivity contribution in [2.45, 2.75) is 12.8 Å². The lowest BCUT2D eigenvalue weighted by atomic mass is 10.3. The standard InChI is InChI=1S/C10H10F2N2/c11-7-3-8(12)5-9(4-7)14-10(13)6-1-2-6/h3-6H,1-2H2,(H2,13,14). The predicted octanol–water partition coefficient (Wildman–Crippen LogP) is 2.36. The van der Waals surface area contributed by atoms with Crippen LogP contribution in [0.1, 0.15) is 12.8 Å². The van der Waals surface area contributed by atoms with Crippen LogP contribution in [0.4, 0.5) is 14.5 Å². The van der Waals surface area contributed by atoms with E-state index < -0.39 is 11.6 Å². The normalized spacial score (nSPS) is 17.1. The molecule has 1 saturated carbocycles. The van der Waals surface area contributed by atoms with Gasteiger partial charge in [-0.15, -0.1) is 0 Å². The Balaban J connectivity index is 2.27. The van der Waals surface area contributed by atoms with E-state index in [2.05, 4.69) is 4.99 Å². The second-order valence-corrected chi connectivity index (χ2v) is 3.44. The van der Waals surface area contributed by atoms with Crippen molar-refractivity contribution < 1.29 is 8.78 Å². The Bertz CT molecular complexity index is 363. The number of hydrogen-bond donors (Lipinski definition) is 1. The lowest BCUT2D eigenvalue weighted by Gasteiger charge is -1.98. The van der Waals surface area contributed by atoms with Crippen molar-refractivity contribution in [2.75, 3.05) is 0 Å². The number of aliphatic imine (C=N–C) groups is 1. The van der Waals surface area contributed by atoms with Gasteiger partial charge in [-0.1, -0.05) is 0 Å². The fourth-order valence-corrected chi connectivity index (χ4v) is 1.22. The molecule has 0 saturated heterocycles. The van der Waals surface area contributed by atoms with Crippen molar-refractivity contribution in [3.8, 4) is 0 Å². The van der Waals surface area contributed by atoms with Crippen LogP contribution in [0.5, 0.6) is 0 Å². The van der Waals surface area contributed by atoms with Gasteiger partial charge in [0.25, 0.3) is 0 Å². The van der Waals surface area contributed by atoms with Crippen LogP contribution >= 0.6 is 0 Å². The zero-order valence-electron chi connectivity index (χ0n) is 7.50. The molecule has 2 nitrogen and oxygen atoms in total. The summed E-state index contributed by atoms with van der Waals surface area (Å²) in [5, 5.41) is 0. The number of nitrogens with zero attached hydrogens (tertiary/aromatic N) is 1. The Morgan fingerprint density at radius 1 is 1.21 bits per heavy atom. The summed E-state index contributed by atoms with van der Waals surface area (Å²) in [5.41, 5.74) is 5.86. The van der Waals surface area contributed by atoms with E-state index in [1.54, 1.807) is 0 Å². The summed E-state index contributed by atoms with van der Waals surface area (Å²) in [6, 6.07) is 3.14. The highest BCUT2D eigenvalue weighted by Gasteiger charge is 2.25. The first-order chi connectivity index (χ1) is 6.65. The van der Waals surface area contributed by atoms with Gasteiger partial charge in [-0.05, 0) is 25.0 Å². The van der Waals surface area contributed by atoms with Crippen LogP contribution in [0.2, 0.25) is 0 Å². The quantitative estimate of drug-likeness (QED) is 0.572. The van der Waals surface area contributed by atoms with Crippen molar-refractivity contribution >= 4 is 11.5 Å². The molecule has 0 radical (unpaired) electrons. The van der Waals surface area contributed by atoms with E-state index in [-0.39, 0.29) is 5.69 Å². The highest BCUT2D eigenvalue weighted by molar-refractivity contribution is 5.87. The average Bonchev–Trinajstić information content (AvgIpc) is 2.82. The molecule has 74 valence electrons. The molecule has 1 aromatic rings. The lowest BCUT2D eigenvalue weighted by Crippen LogP contribution is -2.13. The Morgan fingerprint density at radius 2 is 1.79 bits per heavy atom. The number of nitrogens with two attached hydrogens (primary N) is 1. The molecule has 0 aliphatic heterocycles. The monoisotopic (exact) mass is 196 g/mol. The molecule has 0 heterocycles. The molecule has 14 heavy (non-hydrogen) atoms. The maximum absolute atomic E-state index is 12.7. The van der Waals surface area contributed by atoms with Crippen LogP contribution in [-0.2, 0) is 0 Å². The first kappa shape index (κ1) is 9.12. The van der Waals surface area contributed by atoms with Crippen molar-refractivity contribution in [3.05, 3.63) is 29.8 Å². The SMILES string of the molecule is NC(=Nc1cc(F)cc(F)c1)C1CC1. The summed E-state index contributed by atoms with van der Waals surface area (Å²) >= 11 is 0. The topological polar surface area (TPSA) is 38.4 Å². The molecule has 2 N–H and O–H groups in total. The third-order valence-electron chi connectivity index (χ3n) is 2.10. The first-order valence-corrected chi connectivity index (χ1v) is 4.45. The maximum Gasteiger partial charge on any atom is 0.128 e. The molecule has 1 aliphatic rings. The Morgan fingerprint density at radius 3 is 2.29 bits per heavy atom. The summed E-state index contributed by atoms with van der Waals surface area (Å²) in [5.74, 6) is -0.490. The predicted molar refractivity (Wildman–Crippen MR) is 50.4 cm³/mol. The van der Waals surface area contributed by atoms with Gasteiger partial charge in [0.05, 0.1) is 5.69 Å². The van der Waals surface area contributed by atoms with Gasteiger partial charge in [0.15, 0.2) is 0 Å². The summed E-state index contributed by atoms with van der Waals surface area (Å²) < 4.78 is 25.5. The maximum atomic E-state index is 12.7. The first-order valence-electron chi connectivity index (χ1n) is 4.45. The zero-order valence-corrected chi connectivity index (χ0v) is 7.50. The summed E-state index contributed by atoms with van der Waals surface area (Å²) in [6.07, 6.45) is 2.04. The van der Waals surface area contributed by atoms with Gasteiger partial charge in [0.2, 0.25) is 0 Å². The van der Waals surface area contributed by atoms with Crippen molar-refractivity contribution in [1.29, 1.82) is 0 Å². The molecule has 0 aromatic heterocycles. The highest BCUT2D eigenvalue weighted by atomic mass is 19.1. The van der Waals surface area contributed by atoms with Crippen LogP contribution in [-0.4, -0.2) is 5.84 Å². The van der Waals surface area contributed by atoms with Gasteiger partial charge in [-0.25, -0.2) is 13.8 Å². The third-order valence-corrected chi connectivity index (χ3v) is 2.10. The molecule has 2 rings (SSSR count). The Labute approximate surface area is 80.5 Å². The van der Waals surface area contributed by atoms with Gasteiger partial charge in [0, 0.05) is 12.0 Å². The van der Waals surface area contributed by atoms with Crippen LogP contribution in [0.3, 0.4) is 0 Å². The van der Waals surface area contributed by atoms with E-state index in [0.29, 0.717) is 11.8 Å². The molecule has 1 aliphatic carbocycles. The van der Waals surface area contributed by atoms with Gasteiger partial charge < -0.3 is 5.73 Å². The average molecular weight is 196 g/mol. The van der Waals surface area contributed by atoms with E-state index in [4.69, 9.17) is 5.73 Å². The van der Waals surface area contributed by atoms with Gasteiger partial charge in [0.1, 0.15) is 17.5 Å². The van der Waals surface area contributed by atoms with E-state index in [1.165, 1.54) is 6.07 Å². The Hall–Kier alpha value is -1.45. The van der Waals surface area contributed by atoms with Gasteiger partial charge >= 0.3 is 0 Å². The van der Waals surface area contributed by atoms with Gasteiger partial charge in [-0.2, -0.15) is 0 Å². The van der Waals surface area contributed by atoms with Crippen LogP contribution in [0, 0.1) is 17.6 Å². The Kier molecular flexibility index (Phi) is 2.19. The second-order valence-electron chi connectivity index (χ2n) is 3.44. The molecule has 1 aromatic carbocycles. The molecule has 0 unspecified atom stereocenters. The molecule has 0 atom stereocenters. The van der Waals surface area contributed by atoms with E-state index in [9.17, 15) is 8.78 Å². The number of halogens is 2. The zero-order chi connectivity index (χ0) is 10.1. The van der Waals surface area contributed by atoms with Crippen molar-refractivity contribution in [2.24, 2.45) is 16.6 Å². The number of benzene rings is 1. The minimum absolute atomic E-state index is 0.242. The largest absolute Gasteiger partial charge is 0.387 e. The van der Waals surface area contributed by atoms with Crippen LogP contribution in [0.25, 0.3) is 0 Å². The third kappa shape index (κ3) is 2.07. The molecular formula is C10H10F2N2. The molecule has 0 spiro atoms. The fraction of sp³-hybridized carbons (Fsp3) is 0.300. The van der Waals surface area contributed by atoms with Crippen LogP contribution in [0.15, 0.2) is 23.2 Å². The molecule has 1 fully saturated rings. The van der Waals surface area contributed by atoms with E-state index in [1.807, 2.05) is 0 Å². The van der Waals surface area contributed by atoms with Crippen LogP contribution < -0.4 is 5.73 Å². The highest BCUT2D eigenvalue weighted by Crippen LogP contribution is 2.30. The number of rotatable bonds is 2. The number of amidine groups is 1.